The molecule has 350 valence electrons. The fourth-order valence-corrected chi connectivity index (χ4v) is 8.75. The number of allylic oxidation sites excluding steroid dienone is 2. The largest absolute Gasteiger partial charge is 0.393 e. The minimum atomic E-state index is -0.330. The molecule has 0 atom stereocenters. The van der Waals surface area contributed by atoms with E-state index in [0.29, 0.717) is 12.8 Å². The van der Waals surface area contributed by atoms with E-state index in [1.165, 1.54) is 276 Å². The molecule has 0 spiro atoms. The van der Waals surface area contributed by atoms with Crippen molar-refractivity contribution in [3.63, 3.8) is 0 Å². The zero-order chi connectivity index (χ0) is 42.6. The van der Waals surface area contributed by atoms with Gasteiger partial charge in [0.1, 0.15) is 0 Å². The molecular weight excluding hydrogens is 721 g/mol. The topological polar surface area (TPSA) is 43.4 Å². The van der Waals surface area contributed by atoms with Crippen molar-refractivity contribution in [2.45, 2.75) is 335 Å². The van der Waals surface area contributed by atoms with Crippen LogP contribution in [-0.4, -0.2) is 11.9 Å². The van der Waals surface area contributed by atoms with Crippen molar-refractivity contribution in [1.29, 1.82) is 0 Å². The molecule has 0 unspecified atom stereocenters. The summed E-state index contributed by atoms with van der Waals surface area (Å²) in [5.74, 6) is -0.655. The van der Waals surface area contributed by atoms with Gasteiger partial charge in [0.05, 0.1) is 0 Å². The third-order valence-electron chi connectivity index (χ3n) is 12.9. The van der Waals surface area contributed by atoms with Crippen molar-refractivity contribution in [2.24, 2.45) is 0 Å². The van der Waals surface area contributed by atoms with Gasteiger partial charge in [-0.25, -0.2) is 0 Å². The van der Waals surface area contributed by atoms with Crippen LogP contribution in [0.2, 0.25) is 0 Å². The molecule has 3 nitrogen and oxygen atoms in total. The summed E-state index contributed by atoms with van der Waals surface area (Å²) in [6.45, 7) is 4.58. The molecular formula is C56H108O3. The van der Waals surface area contributed by atoms with Gasteiger partial charge in [-0.05, 0) is 38.5 Å². The van der Waals surface area contributed by atoms with Gasteiger partial charge >= 0.3 is 11.9 Å². The summed E-state index contributed by atoms with van der Waals surface area (Å²) in [4.78, 5) is 24.1. The summed E-state index contributed by atoms with van der Waals surface area (Å²) in [6.07, 6.45) is 70.8. The van der Waals surface area contributed by atoms with Crippen LogP contribution in [0.5, 0.6) is 0 Å². The molecule has 0 aromatic carbocycles. The molecule has 59 heavy (non-hydrogen) atoms. The predicted octanol–water partition coefficient (Wildman–Crippen LogP) is 20.2. The molecule has 0 saturated carbocycles. The van der Waals surface area contributed by atoms with Crippen LogP contribution in [0.4, 0.5) is 0 Å². The molecule has 0 aromatic heterocycles. The fraction of sp³-hybridized carbons (Fsp3) is 0.929. The Bertz CT molecular complexity index is 833. The maximum absolute atomic E-state index is 12.0. The Morgan fingerprint density at radius 3 is 0.627 bits per heavy atom. The third-order valence-corrected chi connectivity index (χ3v) is 12.9. The number of unbranched alkanes of at least 4 members (excludes halogenated alkanes) is 45. The van der Waals surface area contributed by atoms with Gasteiger partial charge in [0.15, 0.2) is 0 Å². The summed E-state index contributed by atoms with van der Waals surface area (Å²) in [6, 6.07) is 0. The number of carbonyl (C=O) groups is 2. The number of ether oxygens (including phenoxy) is 1. The van der Waals surface area contributed by atoms with Crippen LogP contribution in [0.1, 0.15) is 335 Å². The van der Waals surface area contributed by atoms with Crippen LogP contribution >= 0.6 is 0 Å². The molecule has 0 N–H and O–H groups in total. The van der Waals surface area contributed by atoms with E-state index in [-0.39, 0.29) is 11.9 Å². The second kappa shape index (κ2) is 53.0. The summed E-state index contributed by atoms with van der Waals surface area (Å²) in [7, 11) is 0. The van der Waals surface area contributed by atoms with Crippen LogP contribution in [0.15, 0.2) is 12.2 Å². The Labute approximate surface area is 372 Å². The van der Waals surface area contributed by atoms with Gasteiger partial charge in [-0.3, -0.25) is 9.59 Å². The number of hydrogen-bond acceptors (Lipinski definition) is 3. The Hall–Kier alpha value is -1.12. The molecule has 0 aromatic rings. The average molecular weight is 829 g/mol. The summed E-state index contributed by atoms with van der Waals surface area (Å²) < 4.78 is 5.05. The molecule has 0 heterocycles. The lowest BCUT2D eigenvalue weighted by atomic mass is 10.0. The van der Waals surface area contributed by atoms with E-state index in [1.54, 1.807) is 0 Å². The van der Waals surface area contributed by atoms with Crippen LogP contribution in [-0.2, 0) is 14.3 Å². The highest BCUT2D eigenvalue weighted by Gasteiger charge is 2.10. The fourth-order valence-electron chi connectivity index (χ4n) is 8.75. The SMILES string of the molecule is CCCCCCCC/C=C\CCCCCCCC(=O)OC(=O)CCCCCCCCCCCCCCCCCCCCCCCCCCCCCCCCCCCCC. The molecule has 3 heteroatoms. The maximum Gasteiger partial charge on any atom is 0.313 e. The number of hydrogen-bond donors (Lipinski definition) is 0. The van der Waals surface area contributed by atoms with E-state index in [4.69, 9.17) is 4.74 Å². The zero-order valence-electron chi connectivity index (χ0n) is 40.7. The van der Waals surface area contributed by atoms with E-state index < -0.39 is 0 Å². The lowest BCUT2D eigenvalue weighted by molar-refractivity contribution is -0.159. The normalized spacial score (nSPS) is 11.6. The Kier molecular flexibility index (Phi) is 52.0. The lowest BCUT2D eigenvalue weighted by Gasteiger charge is -2.05. The molecule has 0 amide bonds. The van der Waals surface area contributed by atoms with E-state index in [9.17, 15) is 9.59 Å². The molecule has 0 aliphatic carbocycles. The Morgan fingerprint density at radius 1 is 0.254 bits per heavy atom. The van der Waals surface area contributed by atoms with Gasteiger partial charge < -0.3 is 4.74 Å². The molecule has 0 rings (SSSR count). The van der Waals surface area contributed by atoms with Crippen molar-refractivity contribution < 1.29 is 14.3 Å². The van der Waals surface area contributed by atoms with Crippen molar-refractivity contribution >= 4 is 11.9 Å². The quantitative estimate of drug-likeness (QED) is 0.0265. The van der Waals surface area contributed by atoms with E-state index in [2.05, 4.69) is 26.0 Å². The molecule has 0 aliphatic heterocycles. The smallest absolute Gasteiger partial charge is 0.313 e. The standard InChI is InChI=1S/C56H108O3/c1-3-5-7-9-11-13-15-17-19-20-21-22-23-24-25-26-27-28-29-30-31-32-33-34-35-36-37-38-40-42-44-46-48-50-52-54-56(58)59-55(57)53-51-49-47-45-43-41-39-18-16-14-12-10-8-6-4-2/h18,39H,3-17,19-38,40-54H2,1-2H3/b39-18-. The predicted molar refractivity (Wildman–Crippen MR) is 262 cm³/mol. The minimum absolute atomic E-state index is 0.325. The lowest BCUT2D eigenvalue weighted by Crippen LogP contribution is -2.11. The third kappa shape index (κ3) is 53.0. The van der Waals surface area contributed by atoms with E-state index in [1.807, 2.05) is 0 Å². The monoisotopic (exact) mass is 829 g/mol. The highest BCUT2D eigenvalue weighted by molar-refractivity contribution is 5.85. The van der Waals surface area contributed by atoms with Gasteiger partial charge in [-0.15, -0.1) is 0 Å². The zero-order valence-corrected chi connectivity index (χ0v) is 40.7. The molecule has 0 fully saturated rings. The van der Waals surface area contributed by atoms with Gasteiger partial charge in [0.25, 0.3) is 0 Å². The van der Waals surface area contributed by atoms with Crippen molar-refractivity contribution in [3.8, 4) is 0 Å². The van der Waals surface area contributed by atoms with Crippen molar-refractivity contribution in [2.75, 3.05) is 0 Å². The first-order valence-corrected chi connectivity index (χ1v) is 27.6. The molecule has 0 radical (unpaired) electrons. The van der Waals surface area contributed by atoms with Gasteiger partial charge in [0.2, 0.25) is 0 Å². The highest BCUT2D eigenvalue weighted by Crippen LogP contribution is 2.18. The first kappa shape index (κ1) is 57.9. The van der Waals surface area contributed by atoms with Crippen LogP contribution < -0.4 is 0 Å². The first-order valence-electron chi connectivity index (χ1n) is 27.6. The Balaban J connectivity index is 3.22. The minimum Gasteiger partial charge on any atom is -0.393 e. The van der Waals surface area contributed by atoms with E-state index in [0.717, 1.165) is 32.1 Å². The molecule has 0 saturated heterocycles. The summed E-state index contributed by atoms with van der Waals surface area (Å²) >= 11 is 0. The van der Waals surface area contributed by atoms with Crippen LogP contribution in [0.3, 0.4) is 0 Å². The molecule has 0 bridgehead atoms. The first-order chi connectivity index (χ1) is 29.2. The van der Waals surface area contributed by atoms with Gasteiger partial charge in [0, 0.05) is 12.8 Å². The van der Waals surface area contributed by atoms with Crippen LogP contribution in [0, 0.1) is 0 Å². The van der Waals surface area contributed by atoms with Gasteiger partial charge in [-0.1, -0.05) is 296 Å². The number of carbonyl (C=O) groups excluding carboxylic acids is 2. The summed E-state index contributed by atoms with van der Waals surface area (Å²) in [5.41, 5.74) is 0. The number of esters is 2. The maximum atomic E-state index is 12.0. The van der Waals surface area contributed by atoms with Crippen molar-refractivity contribution in [1.82, 2.24) is 0 Å². The average Bonchev–Trinajstić information content (AvgIpc) is 3.23. The summed E-state index contributed by atoms with van der Waals surface area (Å²) in [5, 5.41) is 0. The second-order valence-electron chi connectivity index (χ2n) is 19.0. The van der Waals surface area contributed by atoms with E-state index >= 15 is 0 Å². The second-order valence-corrected chi connectivity index (χ2v) is 19.0. The number of rotatable bonds is 51. The van der Waals surface area contributed by atoms with Crippen molar-refractivity contribution in [3.05, 3.63) is 12.2 Å². The Morgan fingerprint density at radius 2 is 0.424 bits per heavy atom. The highest BCUT2D eigenvalue weighted by atomic mass is 16.6. The molecule has 0 aliphatic rings. The van der Waals surface area contributed by atoms with Gasteiger partial charge in [-0.2, -0.15) is 0 Å². The van der Waals surface area contributed by atoms with Crippen LogP contribution in [0.25, 0.3) is 0 Å².